The Hall–Kier alpha value is -2.90. The largest absolute Gasteiger partial charge is 0.348 e. The Morgan fingerprint density at radius 1 is 1.07 bits per heavy atom. The molecule has 0 aromatic heterocycles. The van der Waals surface area contributed by atoms with Gasteiger partial charge in [-0.15, -0.1) is 0 Å². The van der Waals surface area contributed by atoms with Crippen LogP contribution in [0, 0.1) is 12.7 Å². The van der Waals surface area contributed by atoms with Crippen molar-refractivity contribution in [2.75, 3.05) is 11.4 Å². The summed E-state index contributed by atoms with van der Waals surface area (Å²) in [5, 5.41) is 2.70. The fourth-order valence-corrected chi connectivity index (χ4v) is 4.25. The molecule has 3 rings (SSSR count). The van der Waals surface area contributed by atoms with Crippen molar-refractivity contribution in [3.05, 3.63) is 94.3 Å². The van der Waals surface area contributed by atoms with Crippen LogP contribution < -0.4 is 9.62 Å². The van der Waals surface area contributed by atoms with Gasteiger partial charge in [-0.2, -0.15) is 0 Å². The number of hydrogen-bond donors (Lipinski definition) is 1. The van der Waals surface area contributed by atoms with Gasteiger partial charge in [-0.1, -0.05) is 47.5 Å². The Balaban J connectivity index is 1.78. The SMILES string of the molecule is Cc1ccc(S(=O)(=O)N(C)c2ccc(C(=O)NCc3ccccc3F)c(Cl)c2)cc1. The zero-order valence-electron chi connectivity index (χ0n) is 16.4. The highest BCUT2D eigenvalue weighted by molar-refractivity contribution is 7.92. The molecular formula is C22H20ClFN2O3S. The highest BCUT2D eigenvalue weighted by Gasteiger charge is 2.22. The average Bonchev–Trinajstić information content (AvgIpc) is 2.72. The summed E-state index contributed by atoms with van der Waals surface area (Å²) in [7, 11) is -2.36. The third-order valence-corrected chi connectivity index (χ3v) is 6.75. The van der Waals surface area contributed by atoms with E-state index < -0.39 is 21.7 Å². The van der Waals surface area contributed by atoms with Crippen molar-refractivity contribution in [3.63, 3.8) is 0 Å². The summed E-state index contributed by atoms with van der Waals surface area (Å²) in [4.78, 5) is 12.6. The number of sulfonamides is 1. The first-order valence-corrected chi connectivity index (χ1v) is 10.9. The fraction of sp³-hybridized carbons (Fsp3) is 0.136. The molecule has 0 aliphatic carbocycles. The number of benzene rings is 3. The molecule has 0 spiro atoms. The Labute approximate surface area is 180 Å². The molecule has 0 saturated carbocycles. The molecule has 1 amide bonds. The second-order valence-corrected chi connectivity index (χ2v) is 9.10. The van der Waals surface area contributed by atoms with Gasteiger partial charge in [0.25, 0.3) is 15.9 Å². The number of aryl methyl sites for hydroxylation is 1. The third kappa shape index (κ3) is 4.63. The van der Waals surface area contributed by atoms with Gasteiger partial charge in [0.05, 0.1) is 21.2 Å². The van der Waals surface area contributed by atoms with Crippen LogP contribution in [0.1, 0.15) is 21.5 Å². The van der Waals surface area contributed by atoms with Gasteiger partial charge in [0.15, 0.2) is 0 Å². The maximum Gasteiger partial charge on any atom is 0.264 e. The quantitative estimate of drug-likeness (QED) is 0.604. The average molecular weight is 447 g/mol. The lowest BCUT2D eigenvalue weighted by molar-refractivity contribution is 0.0950. The van der Waals surface area contributed by atoms with E-state index in [1.807, 2.05) is 6.92 Å². The minimum atomic E-state index is -3.78. The van der Waals surface area contributed by atoms with Crippen molar-refractivity contribution in [1.29, 1.82) is 0 Å². The lowest BCUT2D eigenvalue weighted by atomic mass is 10.1. The minimum Gasteiger partial charge on any atom is -0.348 e. The van der Waals surface area contributed by atoms with Crippen molar-refractivity contribution >= 4 is 33.2 Å². The normalized spacial score (nSPS) is 11.2. The van der Waals surface area contributed by atoms with Crippen LogP contribution in [0.2, 0.25) is 5.02 Å². The number of hydrogen-bond acceptors (Lipinski definition) is 3. The highest BCUT2D eigenvalue weighted by Crippen LogP contribution is 2.27. The van der Waals surface area contributed by atoms with Gasteiger partial charge in [-0.25, -0.2) is 12.8 Å². The maximum atomic E-state index is 13.7. The van der Waals surface area contributed by atoms with E-state index >= 15 is 0 Å². The van der Waals surface area contributed by atoms with Gasteiger partial charge >= 0.3 is 0 Å². The first kappa shape index (κ1) is 21.8. The van der Waals surface area contributed by atoms with Crippen LogP contribution in [-0.2, 0) is 16.6 Å². The Bertz CT molecular complexity index is 1180. The topological polar surface area (TPSA) is 66.5 Å². The lowest BCUT2D eigenvalue weighted by Crippen LogP contribution is -2.27. The van der Waals surface area contributed by atoms with E-state index in [0.717, 1.165) is 9.87 Å². The summed E-state index contributed by atoms with van der Waals surface area (Å²) in [6, 6.07) is 17.0. The van der Waals surface area contributed by atoms with E-state index in [1.54, 1.807) is 30.3 Å². The number of nitrogens with one attached hydrogen (secondary N) is 1. The molecule has 0 atom stereocenters. The summed E-state index contributed by atoms with van der Waals surface area (Å²) in [5.41, 5.74) is 1.78. The van der Waals surface area contributed by atoms with Crippen LogP contribution in [0.15, 0.2) is 71.6 Å². The van der Waals surface area contributed by atoms with E-state index in [2.05, 4.69) is 5.32 Å². The second kappa shape index (κ2) is 8.85. The number of anilines is 1. The molecule has 3 aromatic rings. The molecule has 156 valence electrons. The van der Waals surface area contributed by atoms with E-state index in [1.165, 1.54) is 43.4 Å². The number of nitrogens with zero attached hydrogens (tertiary/aromatic N) is 1. The van der Waals surface area contributed by atoms with Gasteiger partial charge in [-0.3, -0.25) is 9.10 Å². The molecule has 0 fully saturated rings. The number of halogens is 2. The summed E-state index contributed by atoms with van der Waals surface area (Å²) in [5.74, 6) is -0.902. The van der Waals surface area contributed by atoms with Crippen LogP contribution in [-0.4, -0.2) is 21.4 Å². The van der Waals surface area contributed by atoms with Gasteiger partial charge in [-0.05, 0) is 43.3 Å². The smallest absolute Gasteiger partial charge is 0.264 e. The first-order valence-electron chi connectivity index (χ1n) is 9.07. The maximum absolute atomic E-state index is 13.7. The van der Waals surface area contributed by atoms with Crippen molar-refractivity contribution in [2.45, 2.75) is 18.4 Å². The standard InChI is InChI=1S/C22H20ClFN2O3S/c1-15-7-10-18(11-8-15)30(28,29)26(2)17-9-12-19(20(23)13-17)22(27)25-14-16-5-3-4-6-21(16)24/h3-13H,14H2,1-2H3,(H,25,27). The van der Waals surface area contributed by atoms with Crippen molar-refractivity contribution in [2.24, 2.45) is 0 Å². The Kier molecular flexibility index (Phi) is 6.43. The number of amides is 1. The van der Waals surface area contributed by atoms with Gasteiger partial charge in [0.1, 0.15) is 5.82 Å². The Morgan fingerprint density at radius 3 is 2.37 bits per heavy atom. The minimum absolute atomic E-state index is 0.00525. The molecular weight excluding hydrogens is 427 g/mol. The third-order valence-electron chi connectivity index (χ3n) is 4.64. The molecule has 0 saturated heterocycles. The number of rotatable bonds is 6. The van der Waals surface area contributed by atoms with E-state index in [-0.39, 0.29) is 22.0 Å². The van der Waals surface area contributed by atoms with Crippen LogP contribution in [0.25, 0.3) is 0 Å². The number of carbonyl (C=O) groups excluding carboxylic acids is 1. The van der Waals surface area contributed by atoms with Gasteiger partial charge in [0, 0.05) is 19.2 Å². The monoisotopic (exact) mass is 446 g/mol. The molecule has 1 N–H and O–H groups in total. The lowest BCUT2D eigenvalue weighted by Gasteiger charge is -2.20. The molecule has 0 bridgehead atoms. The Morgan fingerprint density at radius 2 is 1.73 bits per heavy atom. The summed E-state index contributed by atoms with van der Waals surface area (Å²) >= 11 is 6.24. The van der Waals surface area contributed by atoms with Crippen LogP contribution in [0.4, 0.5) is 10.1 Å². The molecule has 0 heterocycles. The van der Waals surface area contributed by atoms with Crippen LogP contribution in [0.5, 0.6) is 0 Å². The fourth-order valence-electron chi connectivity index (χ4n) is 2.80. The first-order chi connectivity index (χ1) is 14.2. The molecule has 8 heteroatoms. The van der Waals surface area contributed by atoms with Crippen molar-refractivity contribution in [1.82, 2.24) is 5.32 Å². The van der Waals surface area contributed by atoms with Crippen molar-refractivity contribution in [3.8, 4) is 0 Å². The van der Waals surface area contributed by atoms with E-state index in [0.29, 0.717) is 11.3 Å². The van der Waals surface area contributed by atoms with Gasteiger partial charge in [0.2, 0.25) is 0 Å². The van der Waals surface area contributed by atoms with Crippen LogP contribution >= 0.6 is 11.6 Å². The highest BCUT2D eigenvalue weighted by atomic mass is 35.5. The second-order valence-electron chi connectivity index (χ2n) is 6.72. The predicted molar refractivity (Wildman–Crippen MR) is 116 cm³/mol. The summed E-state index contributed by atoms with van der Waals surface area (Å²) in [6.07, 6.45) is 0. The van der Waals surface area contributed by atoms with Gasteiger partial charge < -0.3 is 5.32 Å². The van der Waals surface area contributed by atoms with Crippen LogP contribution in [0.3, 0.4) is 0 Å². The zero-order chi connectivity index (χ0) is 21.9. The molecule has 0 radical (unpaired) electrons. The molecule has 30 heavy (non-hydrogen) atoms. The van der Waals surface area contributed by atoms with E-state index in [9.17, 15) is 17.6 Å². The van der Waals surface area contributed by atoms with Crippen molar-refractivity contribution < 1.29 is 17.6 Å². The van der Waals surface area contributed by atoms with E-state index in [4.69, 9.17) is 11.6 Å². The molecule has 0 aliphatic rings. The zero-order valence-corrected chi connectivity index (χ0v) is 18.0. The molecule has 0 aliphatic heterocycles. The number of carbonyl (C=O) groups is 1. The summed E-state index contributed by atoms with van der Waals surface area (Å²) in [6.45, 7) is 1.88. The predicted octanol–water partition coefficient (Wildman–Crippen LogP) is 4.54. The molecule has 0 unspecified atom stereocenters. The summed E-state index contributed by atoms with van der Waals surface area (Å²) < 4.78 is 40.5. The molecule has 5 nitrogen and oxygen atoms in total. The molecule has 3 aromatic carbocycles.